The van der Waals surface area contributed by atoms with E-state index in [1.807, 2.05) is 29.6 Å². The minimum Gasteiger partial charge on any atom is -0.486 e. The predicted octanol–water partition coefficient (Wildman–Crippen LogP) is 3.57. The number of hydrogen-bond acceptors (Lipinski definition) is 4. The highest BCUT2D eigenvalue weighted by molar-refractivity contribution is 7.07. The monoisotopic (exact) mass is 285 g/mol. The lowest BCUT2D eigenvalue weighted by molar-refractivity contribution is 0.0694. The molecule has 0 aliphatic carbocycles. The molecule has 1 aromatic heterocycles. The van der Waals surface area contributed by atoms with Crippen LogP contribution in [0.3, 0.4) is 0 Å². The highest BCUT2D eigenvalue weighted by Gasteiger charge is 2.15. The molecule has 3 aromatic rings. The first-order chi connectivity index (χ1) is 9.75. The average Bonchev–Trinajstić information content (AvgIpc) is 2.97. The van der Waals surface area contributed by atoms with Crippen LogP contribution in [0.2, 0.25) is 0 Å². The van der Waals surface area contributed by atoms with E-state index in [0.29, 0.717) is 11.1 Å². The standard InChI is InChI=1S/C15H11NO3S/c17-15(18)14-12-4-2-1-3-10(12)5-6-13(14)19-7-11-8-20-9-16-11/h1-6,8-9H,7H2,(H,17,18). The highest BCUT2D eigenvalue weighted by atomic mass is 32.1. The van der Waals surface area contributed by atoms with Crippen LogP contribution in [0.1, 0.15) is 16.1 Å². The van der Waals surface area contributed by atoms with Gasteiger partial charge in [-0.2, -0.15) is 0 Å². The van der Waals surface area contributed by atoms with E-state index in [1.54, 1.807) is 17.6 Å². The number of carbonyl (C=O) groups is 1. The Kier molecular flexibility index (Phi) is 3.35. The first-order valence-corrected chi connectivity index (χ1v) is 6.95. The Labute approximate surface area is 119 Å². The SMILES string of the molecule is O=C(O)c1c(OCc2cscn2)ccc2ccccc12. The van der Waals surface area contributed by atoms with E-state index in [0.717, 1.165) is 11.1 Å². The molecule has 100 valence electrons. The zero-order chi connectivity index (χ0) is 13.9. The summed E-state index contributed by atoms with van der Waals surface area (Å²) in [7, 11) is 0. The lowest BCUT2D eigenvalue weighted by atomic mass is 10.0. The van der Waals surface area contributed by atoms with Crippen molar-refractivity contribution < 1.29 is 14.6 Å². The molecule has 0 fully saturated rings. The molecule has 1 heterocycles. The first kappa shape index (κ1) is 12.6. The molecular weight excluding hydrogens is 274 g/mol. The number of benzene rings is 2. The number of hydrogen-bond donors (Lipinski definition) is 1. The van der Waals surface area contributed by atoms with Gasteiger partial charge in [-0.25, -0.2) is 9.78 Å². The number of fused-ring (bicyclic) bond motifs is 1. The third kappa shape index (κ3) is 2.35. The van der Waals surface area contributed by atoms with Crippen molar-refractivity contribution in [3.63, 3.8) is 0 Å². The van der Waals surface area contributed by atoms with Crippen molar-refractivity contribution in [3.05, 3.63) is 58.5 Å². The molecule has 0 atom stereocenters. The molecule has 0 spiro atoms. The van der Waals surface area contributed by atoms with Crippen molar-refractivity contribution in [2.75, 3.05) is 0 Å². The fourth-order valence-electron chi connectivity index (χ4n) is 2.05. The van der Waals surface area contributed by atoms with Crippen molar-refractivity contribution in [1.29, 1.82) is 0 Å². The van der Waals surface area contributed by atoms with Crippen LogP contribution in [0.15, 0.2) is 47.3 Å². The number of rotatable bonds is 4. The maximum absolute atomic E-state index is 11.5. The average molecular weight is 285 g/mol. The van der Waals surface area contributed by atoms with E-state index in [1.165, 1.54) is 11.3 Å². The van der Waals surface area contributed by atoms with Crippen molar-refractivity contribution >= 4 is 28.1 Å². The molecule has 0 aliphatic heterocycles. The van der Waals surface area contributed by atoms with E-state index < -0.39 is 5.97 Å². The Morgan fingerprint density at radius 2 is 2.10 bits per heavy atom. The Hall–Kier alpha value is -2.40. The van der Waals surface area contributed by atoms with Crippen molar-refractivity contribution in [2.45, 2.75) is 6.61 Å². The van der Waals surface area contributed by atoms with E-state index in [4.69, 9.17) is 4.74 Å². The van der Waals surface area contributed by atoms with Crippen LogP contribution < -0.4 is 4.74 Å². The largest absolute Gasteiger partial charge is 0.486 e. The second kappa shape index (κ2) is 5.30. The Bertz CT molecular complexity index is 753. The van der Waals surface area contributed by atoms with Gasteiger partial charge >= 0.3 is 5.97 Å². The van der Waals surface area contributed by atoms with Gasteiger partial charge in [0.05, 0.1) is 11.2 Å². The van der Waals surface area contributed by atoms with Crippen LogP contribution in [-0.4, -0.2) is 16.1 Å². The fourth-order valence-corrected chi connectivity index (χ4v) is 2.60. The predicted molar refractivity (Wildman–Crippen MR) is 77.4 cm³/mol. The van der Waals surface area contributed by atoms with Gasteiger partial charge in [0.2, 0.25) is 0 Å². The molecule has 0 aliphatic rings. The molecule has 0 saturated carbocycles. The van der Waals surface area contributed by atoms with Gasteiger partial charge in [-0.05, 0) is 16.8 Å². The second-order valence-corrected chi connectivity index (χ2v) is 4.95. The summed E-state index contributed by atoms with van der Waals surface area (Å²) in [5.41, 5.74) is 2.70. The number of aromatic nitrogens is 1. The van der Waals surface area contributed by atoms with Crippen LogP contribution in [0.5, 0.6) is 5.75 Å². The summed E-state index contributed by atoms with van der Waals surface area (Å²) in [5, 5.41) is 12.9. The number of aromatic carboxylic acids is 1. The molecule has 0 bridgehead atoms. The van der Waals surface area contributed by atoms with Gasteiger partial charge in [0.15, 0.2) is 0 Å². The second-order valence-electron chi connectivity index (χ2n) is 4.23. The number of carboxylic acids is 1. The summed E-state index contributed by atoms with van der Waals surface area (Å²) in [6, 6.07) is 10.9. The van der Waals surface area contributed by atoms with Gasteiger partial charge in [0.1, 0.15) is 17.9 Å². The molecule has 0 radical (unpaired) electrons. The number of nitrogens with zero attached hydrogens (tertiary/aromatic N) is 1. The summed E-state index contributed by atoms with van der Waals surface area (Å²) in [4.78, 5) is 15.6. The van der Waals surface area contributed by atoms with E-state index in [9.17, 15) is 9.90 Å². The number of thiazole rings is 1. The molecule has 0 saturated heterocycles. The molecule has 3 rings (SSSR count). The zero-order valence-corrected chi connectivity index (χ0v) is 11.3. The topological polar surface area (TPSA) is 59.4 Å². The fraction of sp³-hybridized carbons (Fsp3) is 0.0667. The van der Waals surface area contributed by atoms with Crippen LogP contribution in [-0.2, 0) is 6.61 Å². The molecule has 0 unspecified atom stereocenters. The van der Waals surface area contributed by atoms with Crippen molar-refractivity contribution in [3.8, 4) is 5.75 Å². The third-order valence-electron chi connectivity index (χ3n) is 2.96. The maximum atomic E-state index is 11.5. The van der Waals surface area contributed by atoms with Gasteiger partial charge in [-0.1, -0.05) is 30.3 Å². The summed E-state index contributed by atoms with van der Waals surface area (Å²) < 4.78 is 5.61. The Morgan fingerprint density at radius 3 is 2.85 bits per heavy atom. The van der Waals surface area contributed by atoms with Gasteiger partial charge < -0.3 is 9.84 Å². The van der Waals surface area contributed by atoms with Gasteiger partial charge in [-0.3, -0.25) is 0 Å². The summed E-state index contributed by atoms with van der Waals surface area (Å²) >= 11 is 1.48. The third-order valence-corrected chi connectivity index (χ3v) is 3.60. The van der Waals surface area contributed by atoms with Gasteiger partial charge in [0, 0.05) is 5.38 Å². The van der Waals surface area contributed by atoms with Crippen molar-refractivity contribution in [1.82, 2.24) is 4.98 Å². The molecule has 5 heteroatoms. The summed E-state index contributed by atoms with van der Waals surface area (Å²) in [5.74, 6) is -0.626. The molecule has 4 nitrogen and oxygen atoms in total. The molecule has 1 N–H and O–H groups in total. The van der Waals surface area contributed by atoms with E-state index in [2.05, 4.69) is 4.98 Å². The number of ether oxygens (including phenoxy) is 1. The molecule has 2 aromatic carbocycles. The first-order valence-electron chi connectivity index (χ1n) is 6.00. The summed E-state index contributed by atoms with van der Waals surface area (Å²) in [6.07, 6.45) is 0. The minimum atomic E-state index is -0.991. The molecule has 20 heavy (non-hydrogen) atoms. The smallest absolute Gasteiger partial charge is 0.340 e. The van der Waals surface area contributed by atoms with Crippen molar-refractivity contribution in [2.24, 2.45) is 0 Å². The Morgan fingerprint density at radius 1 is 1.25 bits per heavy atom. The lowest BCUT2D eigenvalue weighted by Crippen LogP contribution is -2.04. The van der Waals surface area contributed by atoms with Crippen LogP contribution in [0.25, 0.3) is 10.8 Å². The molecular formula is C15H11NO3S. The molecule has 0 amide bonds. The quantitative estimate of drug-likeness (QED) is 0.796. The zero-order valence-electron chi connectivity index (χ0n) is 10.4. The van der Waals surface area contributed by atoms with Crippen LogP contribution in [0.4, 0.5) is 0 Å². The van der Waals surface area contributed by atoms with E-state index >= 15 is 0 Å². The summed E-state index contributed by atoms with van der Waals surface area (Å²) in [6.45, 7) is 0.266. The lowest BCUT2D eigenvalue weighted by Gasteiger charge is -2.10. The number of carboxylic acid groups (broad SMARTS) is 1. The van der Waals surface area contributed by atoms with Crippen LogP contribution >= 0.6 is 11.3 Å². The normalized spacial score (nSPS) is 10.6. The van der Waals surface area contributed by atoms with Crippen LogP contribution in [0, 0.1) is 0 Å². The maximum Gasteiger partial charge on any atom is 0.340 e. The van der Waals surface area contributed by atoms with E-state index in [-0.39, 0.29) is 12.2 Å². The minimum absolute atomic E-state index is 0.193. The van der Waals surface area contributed by atoms with Gasteiger partial charge in [0.25, 0.3) is 0 Å². The Balaban J connectivity index is 2.01. The van der Waals surface area contributed by atoms with Gasteiger partial charge in [-0.15, -0.1) is 11.3 Å². The highest BCUT2D eigenvalue weighted by Crippen LogP contribution is 2.28.